The first-order valence-electron chi connectivity index (χ1n) is 13.1. The van der Waals surface area contributed by atoms with Gasteiger partial charge in [0.05, 0.1) is 38.7 Å². The number of anilines is 1. The molecule has 208 valence electrons. The standard InChI is InChI=1S/C34H30BrNO5/c1-36(34(39)33-28(20-38)24(19-37)13-15-29(33)35)30-16-14-25(26-17-31(40-2)32(41-3)18-27(26)30)23-11-9-22(10-12-23)21-7-5-4-6-8-21/h4-18,37-38H,19-20H2,1-3H3. The molecule has 0 aliphatic rings. The van der Waals surface area contributed by atoms with Gasteiger partial charge in [-0.25, -0.2) is 0 Å². The number of aliphatic hydroxyl groups excluding tert-OH is 2. The summed E-state index contributed by atoms with van der Waals surface area (Å²) in [6, 6.07) is 29.7. The van der Waals surface area contributed by atoms with Crippen LogP contribution in [0.2, 0.25) is 0 Å². The third-order valence-corrected chi connectivity index (χ3v) is 8.03. The number of nitrogens with zero attached hydrogens (tertiary/aromatic N) is 1. The molecule has 0 aliphatic heterocycles. The van der Waals surface area contributed by atoms with Gasteiger partial charge in [0.2, 0.25) is 0 Å². The number of amides is 1. The smallest absolute Gasteiger partial charge is 0.259 e. The number of fused-ring (bicyclic) bond motifs is 1. The normalized spacial score (nSPS) is 11.0. The number of carbonyl (C=O) groups is 1. The summed E-state index contributed by atoms with van der Waals surface area (Å²) in [7, 11) is 4.87. The molecule has 2 N–H and O–H groups in total. The molecule has 0 saturated heterocycles. The molecule has 0 fully saturated rings. The Hall–Kier alpha value is -4.17. The zero-order chi connectivity index (χ0) is 29.1. The lowest BCUT2D eigenvalue weighted by molar-refractivity contribution is 0.0989. The van der Waals surface area contributed by atoms with E-state index in [4.69, 9.17) is 9.47 Å². The van der Waals surface area contributed by atoms with E-state index in [0.29, 0.717) is 38.3 Å². The fraction of sp³-hybridized carbons (Fsp3) is 0.147. The maximum absolute atomic E-state index is 13.9. The average molecular weight is 613 g/mol. The number of carbonyl (C=O) groups excluding carboxylic acids is 1. The molecule has 0 bridgehead atoms. The van der Waals surface area contributed by atoms with E-state index in [1.165, 1.54) is 0 Å². The van der Waals surface area contributed by atoms with Gasteiger partial charge in [-0.1, -0.05) is 66.7 Å². The molecule has 0 aliphatic carbocycles. The highest BCUT2D eigenvalue weighted by Crippen LogP contribution is 2.42. The van der Waals surface area contributed by atoms with Crippen LogP contribution in [0.25, 0.3) is 33.0 Å². The van der Waals surface area contributed by atoms with Crippen molar-refractivity contribution in [3.05, 3.63) is 112 Å². The number of benzene rings is 5. The molecular formula is C34H30BrNO5. The summed E-state index contributed by atoms with van der Waals surface area (Å²) in [6.45, 7) is -0.668. The van der Waals surface area contributed by atoms with Gasteiger partial charge in [0.25, 0.3) is 5.91 Å². The van der Waals surface area contributed by atoms with Gasteiger partial charge in [-0.2, -0.15) is 0 Å². The fourth-order valence-electron chi connectivity index (χ4n) is 5.17. The molecule has 0 aromatic heterocycles. The fourth-order valence-corrected chi connectivity index (χ4v) is 5.71. The van der Waals surface area contributed by atoms with Crippen molar-refractivity contribution in [2.24, 2.45) is 0 Å². The van der Waals surface area contributed by atoms with Crippen LogP contribution >= 0.6 is 15.9 Å². The lowest BCUT2D eigenvalue weighted by Gasteiger charge is -2.24. The first kappa shape index (κ1) is 28.4. The molecule has 0 unspecified atom stereocenters. The predicted octanol–water partition coefficient (Wildman–Crippen LogP) is 7.21. The highest BCUT2D eigenvalue weighted by atomic mass is 79.9. The van der Waals surface area contributed by atoms with Gasteiger partial charge >= 0.3 is 0 Å². The van der Waals surface area contributed by atoms with Crippen molar-refractivity contribution in [2.75, 3.05) is 26.2 Å². The van der Waals surface area contributed by atoms with Crippen LogP contribution in [-0.4, -0.2) is 37.4 Å². The molecule has 7 heteroatoms. The van der Waals surface area contributed by atoms with Crippen molar-refractivity contribution in [1.29, 1.82) is 0 Å². The van der Waals surface area contributed by atoms with E-state index < -0.39 is 0 Å². The Balaban J connectivity index is 1.66. The van der Waals surface area contributed by atoms with Crippen LogP contribution in [0.1, 0.15) is 21.5 Å². The summed E-state index contributed by atoms with van der Waals surface area (Å²) in [5.74, 6) is 0.791. The van der Waals surface area contributed by atoms with Gasteiger partial charge in [0.15, 0.2) is 11.5 Å². The number of halogens is 1. The number of methoxy groups -OCH3 is 2. The second-order valence-corrected chi connectivity index (χ2v) is 10.4. The molecular weight excluding hydrogens is 582 g/mol. The third-order valence-electron chi connectivity index (χ3n) is 7.37. The second-order valence-electron chi connectivity index (χ2n) is 9.57. The van der Waals surface area contributed by atoms with Gasteiger partial charge in [-0.05, 0) is 79.0 Å². The third kappa shape index (κ3) is 5.32. The summed E-state index contributed by atoms with van der Waals surface area (Å²) in [4.78, 5) is 15.5. The number of ether oxygens (including phenoxy) is 2. The topological polar surface area (TPSA) is 79.2 Å². The maximum atomic E-state index is 13.9. The first-order valence-corrected chi connectivity index (χ1v) is 13.9. The zero-order valence-electron chi connectivity index (χ0n) is 23.0. The van der Waals surface area contributed by atoms with E-state index in [2.05, 4.69) is 52.3 Å². The van der Waals surface area contributed by atoms with E-state index in [0.717, 1.165) is 33.0 Å². The highest BCUT2D eigenvalue weighted by molar-refractivity contribution is 9.10. The molecule has 0 heterocycles. The molecule has 6 nitrogen and oxygen atoms in total. The SMILES string of the molecule is COc1cc2c(-c3ccc(-c4ccccc4)cc3)ccc(N(C)C(=O)c3c(Br)ccc(CO)c3CO)c2cc1OC. The predicted molar refractivity (Wildman–Crippen MR) is 167 cm³/mol. The van der Waals surface area contributed by atoms with Crippen LogP contribution in [0.15, 0.2) is 95.5 Å². The van der Waals surface area contributed by atoms with E-state index in [-0.39, 0.29) is 19.1 Å². The van der Waals surface area contributed by atoms with Crippen molar-refractivity contribution in [3.8, 4) is 33.8 Å². The molecule has 5 aromatic carbocycles. The van der Waals surface area contributed by atoms with Crippen LogP contribution in [0.4, 0.5) is 5.69 Å². The largest absolute Gasteiger partial charge is 0.493 e. The van der Waals surface area contributed by atoms with Crippen molar-refractivity contribution in [3.63, 3.8) is 0 Å². The molecule has 41 heavy (non-hydrogen) atoms. The van der Waals surface area contributed by atoms with Gasteiger partial charge in [-0.3, -0.25) is 4.79 Å². The minimum Gasteiger partial charge on any atom is -0.493 e. The summed E-state index contributed by atoms with van der Waals surface area (Å²) in [5, 5.41) is 21.6. The van der Waals surface area contributed by atoms with Crippen molar-refractivity contribution < 1.29 is 24.5 Å². The number of aliphatic hydroxyl groups is 2. The molecule has 0 atom stereocenters. The number of rotatable bonds is 8. The molecule has 0 radical (unpaired) electrons. The van der Waals surface area contributed by atoms with Gasteiger partial charge in [0, 0.05) is 16.9 Å². The quantitative estimate of drug-likeness (QED) is 0.194. The molecule has 1 amide bonds. The van der Waals surface area contributed by atoms with Crippen LogP contribution < -0.4 is 14.4 Å². The number of hydrogen-bond acceptors (Lipinski definition) is 5. The summed E-state index contributed by atoms with van der Waals surface area (Å²) in [6.07, 6.45) is 0. The number of hydrogen-bond donors (Lipinski definition) is 2. The monoisotopic (exact) mass is 611 g/mol. The van der Waals surface area contributed by atoms with E-state index in [9.17, 15) is 15.0 Å². The van der Waals surface area contributed by atoms with Crippen molar-refractivity contribution >= 4 is 38.3 Å². The van der Waals surface area contributed by atoms with Crippen LogP contribution in [0.3, 0.4) is 0 Å². The van der Waals surface area contributed by atoms with E-state index in [1.54, 1.807) is 38.3 Å². The maximum Gasteiger partial charge on any atom is 0.259 e. The van der Waals surface area contributed by atoms with Gasteiger partial charge in [0.1, 0.15) is 0 Å². The molecule has 0 saturated carbocycles. The highest BCUT2D eigenvalue weighted by Gasteiger charge is 2.24. The Morgan fingerprint density at radius 3 is 1.98 bits per heavy atom. The Morgan fingerprint density at radius 2 is 1.37 bits per heavy atom. The average Bonchev–Trinajstić information content (AvgIpc) is 3.03. The van der Waals surface area contributed by atoms with Gasteiger partial charge < -0.3 is 24.6 Å². The Kier molecular flexibility index (Phi) is 8.40. The van der Waals surface area contributed by atoms with Crippen molar-refractivity contribution in [1.82, 2.24) is 0 Å². The van der Waals surface area contributed by atoms with Gasteiger partial charge in [-0.15, -0.1) is 0 Å². The lowest BCUT2D eigenvalue weighted by Crippen LogP contribution is -2.28. The summed E-state index contributed by atoms with van der Waals surface area (Å²) < 4.78 is 11.8. The van der Waals surface area contributed by atoms with E-state index >= 15 is 0 Å². The Morgan fingerprint density at radius 1 is 0.756 bits per heavy atom. The molecule has 5 rings (SSSR count). The second kappa shape index (κ2) is 12.1. The molecule has 5 aromatic rings. The van der Waals surface area contributed by atoms with Crippen LogP contribution in [-0.2, 0) is 13.2 Å². The minimum atomic E-state index is -0.381. The molecule has 0 spiro atoms. The summed E-state index contributed by atoms with van der Waals surface area (Å²) >= 11 is 3.47. The Labute approximate surface area is 247 Å². The Bertz CT molecular complexity index is 1720. The van der Waals surface area contributed by atoms with Crippen LogP contribution in [0.5, 0.6) is 11.5 Å². The lowest BCUT2D eigenvalue weighted by atomic mass is 9.94. The minimum absolute atomic E-state index is 0.287. The van der Waals surface area contributed by atoms with E-state index in [1.807, 2.05) is 42.5 Å². The first-order chi connectivity index (χ1) is 19.9. The zero-order valence-corrected chi connectivity index (χ0v) is 24.6. The van der Waals surface area contributed by atoms with Crippen molar-refractivity contribution in [2.45, 2.75) is 13.2 Å². The summed E-state index contributed by atoms with van der Waals surface area (Å²) in [5.41, 5.74) is 6.10. The van der Waals surface area contributed by atoms with Crippen LogP contribution in [0, 0.1) is 0 Å².